The van der Waals surface area contributed by atoms with Crippen LogP contribution in [0.25, 0.3) is 27.8 Å². The number of nitrogens with zero attached hydrogens (tertiary/aromatic N) is 7. The summed E-state index contributed by atoms with van der Waals surface area (Å²) >= 11 is 0. The summed E-state index contributed by atoms with van der Waals surface area (Å²) in [6.07, 6.45) is 5.26. The zero-order valence-corrected chi connectivity index (χ0v) is 22.9. The average molecular weight is 540 g/mol. The lowest BCUT2D eigenvalue weighted by atomic mass is 10.1. The van der Waals surface area contributed by atoms with Gasteiger partial charge in [-0.05, 0) is 44.2 Å². The topological polar surface area (TPSA) is 118 Å². The Hall–Kier alpha value is -4.48. The van der Waals surface area contributed by atoms with Crippen molar-refractivity contribution in [3.63, 3.8) is 0 Å². The highest BCUT2D eigenvalue weighted by Gasteiger charge is 2.22. The summed E-state index contributed by atoms with van der Waals surface area (Å²) in [5.41, 5.74) is 2.60. The smallest absolute Gasteiger partial charge is 0.278 e. The molecular weight excluding hydrogens is 506 g/mol. The molecule has 0 spiro atoms. The van der Waals surface area contributed by atoms with Crippen molar-refractivity contribution in [3.8, 4) is 5.82 Å². The molecule has 0 aliphatic carbocycles. The lowest BCUT2D eigenvalue weighted by molar-refractivity contribution is 0.0738. The van der Waals surface area contributed by atoms with E-state index in [0.717, 1.165) is 43.1 Å². The van der Waals surface area contributed by atoms with Crippen LogP contribution < -0.4 is 21.1 Å². The third kappa shape index (κ3) is 4.52. The summed E-state index contributed by atoms with van der Waals surface area (Å²) < 4.78 is 5.28. The zero-order valence-electron chi connectivity index (χ0n) is 22.9. The standard InChI is InChI=1S/C29H33N9O2/c1-5-12-37-27(39)21-18-31-28(34-26(21)38(37)25-8-6-7-24(33-25)29(2,3)40)32-19-16-22-20(9-13-35(22)4)23(17-19)36-14-10-30-11-15-36/h5-9,13,16-18,30,40H,1,10-12,14-15H2,2-4H3,(H,31,32,34). The van der Waals surface area contributed by atoms with Crippen LogP contribution in [0, 0.1) is 0 Å². The molecule has 1 aliphatic heterocycles. The van der Waals surface area contributed by atoms with Crippen molar-refractivity contribution in [2.45, 2.75) is 26.0 Å². The second-order valence-electron chi connectivity index (χ2n) is 10.6. The first-order valence-electron chi connectivity index (χ1n) is 13.4. The molecule has 5 aromatic rings. The Morgan fingerprint density at radius 3 is 2.70 bits per heavy atom. The van der Waals surface area contributed by atoms with Crippen LogP contribution in [0.4, 0.5) is 17.3 Å². The van der Waals surface area contributed by atoms with Crippen molar-refractivity contribution >= 4 is 39.3 Å². The molecule has 3 N–H and O–H groups in total. The first kappa shape index (κ1) is 25.8. The SMILES string of the molecule is C=CCn1c(=O)c2cnc(Nc3cc(N4CCNCC4)c4ccn(C)c4c3)nc2n1-c1cccc(C(C)(C)O)n1. The molecule has 4 aromatic heterocycles. The number of hydrogen-bond acceptors (Lipinski definition) is 8. The molecule has 0 bridgehead atoms. The second kappa shape index (κ2) is 9.92. The fraction of sp³-hybridized carbons (Fsp3) is 0.310. The van der Waals surface area contributed by atoms with Gasteiger partial charge in [-0.15, -0.1) is 6.58 Å². The summed E-state index contributed by atoms with van der Waals surface area (Å²) in [5, 5.41) is 18.9. The number of aryl methyl sites for hydroxylation is 1. The van der Waals surface area contributed by atoms with Crippen LogP contribution in [0.3, 0.4) is 0 Å². The Labute approximate surface area is 231 Å². The van der Waals surface area contributed by atoms with E-state index in [0.29, 0.717) is 28.5 Å². The van der Waals surface area contributed by atoms with Gasteiger partial charge in [0.15, 0.2) is 11.5 Å². The quantitative estimate of drug-likeness (QED) is 0.270. The van der Waals surface area contributed by atoms with Crippen LogP contribution in [-0.4, -0.2) is 60.2 Å². The Kier molecular flexibility index (Phi) is 6.40. The lowest BCUT2D eigenvalue weighted by Crippen LogP contribution is -2.43. The van der Waals surface area contributed by atoms with E-state index in [1.807, 2.05) is 7.05 Å². The minimum absolute atomic E-state index is 0.247. The molecule has 11 heteroatoms. The molecule has 5 heterocycles. The number of fused-ring (bicyclic) bond motifs is 2. The fourth-order valence-corrected chi connectivity index (χ4v) is 5.21. The van der Waals surface area contributed by atoms with Crippen LogP contribution in [0.15, 0.2) is 66.2 Å². The third-order valence-electron chi connectivity index (χ3n) is 7.25. The monoisotopic (exact) mass is 539 g/mol. The highest BCUT2D eigenvalue weighted by atomic mass is 16.3. The van der Waals surface area contributed by atoms with Gasteiger partial charge in [-0.2, -0.15) is 4.98 Å². The summed E-state index contributed by atoms with van der Waals surface area (Å²) in [7, 11) is 2.03. The summed E-state index contributed by atoms with van der Waals surface area (Å²) in [6.45, 7) is 11.1. The van der Waals surface area contributed by atoms with Crippen LogP contribution >= 0.6 is 0 Å². The van der Waals surface area contributed by atoms with Crippen molar-refractivity contribution in [2.75, 3.05) is 36.4 Å². The highest BCUT2D eigenvalue weighted by Crippen LogP contribution is 2.33. The van der Waals surface area contributed by atoms with Gasteiger partial charge in [0.1, 0.15) is 11.0 Å². The number of aliphatic hydroxyl groups is 1. The van der Waals surface area contributed by atoms with Gasteiger partial charge in [0.05, 0.1) is 17.8 Å². The van der Waals surface area contributed by atoms with E-state index in [-0.39, 0.29) is 12.1 Å². The van der Waals surface area contributed by atoms with Gasteiger partial charge in [0, 0.05) is 62.4 Å². The number of anilines is 3. The predicted molar refractivity (Wildman–Crippen MR) is 158 cm³/mol. The van der Waals surface area contributed by atoms with Gasteiger partial charge in [-0.1, -0.05) is 12.1 Å². The van der Waals surface area contributed by atoms with E-state index in [1.165, 1.54) is 10.1 Å². The maximum Gasteiger partial charge on any atom is 0.278 e. The molecule has 1 aromatic carbocycles. The molecule has 0 unspecified atom stereocenters. The molecule has 206 valence electrons. The van der Waals surface area contributed by atoms with Crippen LogP contribution in [-0.2, 0) is 19.2 Å². The predicted octanol–water partition coefficient (Wildman–Crippen LogP) is 3.04. The molecule has 1 saturated heterocycles. The van der Waals surface area contributed by atoms with E-state index in [9.17, 15) is 9.90 Å². The van der Waals surface area contributed by atoms with Gasteiger partial charge < -0.3 is 25.2 Å². The third-order valence-corrected chi connectivity index (χ3v) is 7.25. The van der Waals surface area contributed by atoms with Gasteiger partial charge in [-0.25, -0.2) is 19.3 Å². The number of allylic oxidation sites excluding steroid dienone is 1. The van der Waals surface area contributed by atoms with E-state index in [4.69, 9.17) is 4.98 Å². The molecule has 11 nitrogen and oxygen atoms in total. The van der Waals surface area contributed by atoms with Gasteiger partial charge in [0.25, 0.3) is 5.56 Å². The van der Waals surface area contributed by atoms with E-state index < -0.39 is 5.60 Å². The number of pyridine rings is 1. The number of hydrogen-bond donors (Lipinski definition) is 3. The molecule has 0 radical (unpaired) electrons. The Morgan fingerprint density at radius 1 is 1.15 bits per heavy atom. The molecule has 0 atom stereocenters. The minimum Gasteiger partial charge on any atom is -0.384 e. The number of piperazine rings is 1. The molecule has 0 amide bonds. The van der Waals surface area contributed by atoms with E-state index in [1.54, 1.807) is 49.0 Å². The first-order chi connectivity index (χ1) is 19.2. The average Bonchev–Trinajstić information content (AvgIpc) is 3.45. The van der Waals surface area contributed by atoms with Gasteiger partial charge >= 0.3 is 0 Å². The Bertz CT molecular complexity index is 1790. The van der Waals surface area contributed by atoms with Crippen molar-refractivity contribution in [1.29, 1.82) is 0 Å². The Balaban J connectivity index is 1.47. The minimum atomic E-state index is -1.15. The highest BCUT2D eigenvalue weighted by molar-refractivity contribution is 5.96. The maximum absolute atomic E-state index is 13.3. The number of nitrogens with one attached hydrogen (secondary N) is 2. The van der Waals surface area contributed by atoms with Crippen LogP contribution in [0.5, 0.6) is 0 Å². The number of aromatic nitrogens is 6. The normalized spacial score (nSPS) is 14.2. The molecule has 6 rings (SSSR count). The summed E-state index contributed by atoms with van der Waals surface area (Å²) in [5.74, 6) is 0.819. The number of rotatable bonds is 7. The largest absolute Gasteiger partial charge is 0.384 e. The van der Waals surface area contributed by atoms with E-state index in [2.05, 4.69) is 61.0 Å². The molecular formula is C29H33N9O2. The van der Waals surface area contributed by atoms with E-state index >= 15 is 0 Å². The second-order valence-corrected chi connectivity index (χ2v) is 10.6. The molecule has 1 aliphatic rings. The Morgan fingerprint density at radius 2 is 1.95 bits per heavy atom. The van der Waals surface area contributed by atoms with Crippen LogP contribution in [0.1, 0.15) is 19.5 Å². The van der Waals surface area contributed by atoms with Crippen molar-refractivity contribution in [2.24, 2.45) is 7.05 Å². The fourth-order valence-electron chi connectivity index (χ4n) is 5.21. The van der Waals surface area contributed by atoms with Crippen LogP contribution in [0.2, 0.25) is 0 Å². The van der Waals surface area contributed by atoms with Crippen molar-refractivity contribution in [1.82, 2.24) is 34.2 Å². The van der Waals surface area contributed by atoms with Gasteiger partial charge in [0.2, 0.25) is 5.95 Å². The maximum atomic E-state index is 13.3. The van der Waals surface area contributed by atoms with Gasteiger partial charge in [-0.3, -0.25) is 4.79 Å². The van der Waals surface area contributed by atoms with Crippen molar-refractivity contribution in [3.05, 3.63) is 77.5 Å². The lowest BCUT2D eigenvalue weighted by Gasteiger charge is -2.30. The zero-order chi connectivity index (χ0) is 28.0. The molecule has 1 fully saturated rings. The summed E-state index contributed by atoms with van der Waals surface area (Å²) in [4.78, 5) is 29.7. The number of benzene rings is 1. The summed E-state index contributed by atoms with van der Waals surface area (Å²) in [6, 6.07) is 11.7. The first-order valence-corrected chi connectivity index (χ1v) is 13.4. The molecule has 40 heavy (non-hydrogen) atoms. The van der Waals surface area contributed by atoms with Crippen molar-refractivity contribution < 1.29 is 5.11 Å². The molecule has 0 saturated carbocycles.